The number of hydrogen-bond donors (Lipinski definition) is 2. The highest BCUT2D eigenvalue weighted by molar-refractivity contribution is 7.99. The van der Waals surface area contributed by atoms with Crippen LogP contribution < -0.4 is 14.9 Å². The van der Waals surface area contributed by atoms with Crippen LogP contribution >= 0.6 is 35.0 Å². The van der Waals surface area contributed by atoms with Crippen LogP contribution in [0.15, 0.2) is 117 Å². The number of amides is 1. The van der Waals surface area contributed by atoms with Gasteiger partial charge in [-0.15, -0.1) is 11.8 Å². The van der Waals surface area contributed by atoms with E-state index in [1.54, 1.807) is 12.1 Å². The molecule has 0 saturated carbocycles. The van der Waals surface area contributed by atoms with Crippen molar-refractivity contribution in [2.24, 2.45) is 5.41 Å². The molecule has 3 aliphatic heterocycles. The zero-order valence-corrected chi connectivity index (χ0v) is 40.9. The summed E-state index contributed by atoms with van der Waals surface area (Å²) >= 11 is 12.9. The van der Waals surface area contributed by atoms with E-state index in [2.05, 4.69) is 46.0 Å². The van der Waals surface area contributed by atoms with Gasteiger partial charge in [-0.2, -0.15) is 8.78 Å². The van der Waals surface area contributed by atoms with Crippen molar-refractivity contribution in [2.45, 2.75) is 83.5 Å². The van der Waals surface area contributed by atoms with Crippen LogP contribution in [-0.4, -0.2) is 114 Å². The molecule has 0 aromatic heterocycles. The molecule has 8 rings (SSSR count). The van der Waals surface area contributed by atoms with Crippen molar-refractivity contribution in [1.29, 1.82) is 0 Å². The number of carbonyl (C=O) groups excluding carboxylic acids is 1. The number of piperazine rings is 1. The number of rotatable bonds is 17. The molecular formula is C48H55Cl2F2N5O6S3. The topological polar surface area (TPSA) is 128 Å². The summed E-state index contributed by atoms with van der Waals surface area (Å²) < 4.78 is 86.3. The molecule has 2 bridgehead atoms. The van der Waals surface area contributed by atoms with Gasteiger partial charge in [-0.3, -0.25) is 14.6 Å². The minimum absolute atomic E-state index is 0.0396. The molecular weight excluding hydrogens is 948 g/mol. The van der Waals surface area contributed by atoms with Crippen LogP contribution in [0.2, 0.25) is 5.02 Å². The maximum absolute atomic E-state index is 14.7. The Hall–Kier alpha value is -3.74. The molecule has 3 fully saturated rings. The molecule has 0 spiro atoms. The first-order chi connectivity index (χ1) is 31.3. The number of ether oxygens (including phenoxy) is 1. The lowest BCUT2D eigenvalue weighted by molar-refractivity contribution is 0.0299. The molecule has 3 saturated heterocycles. The van der Waals surface area contributed by atoms with Gasteiger partial charge in [-0.05, 0) is 127 Å². The number of benzene rings is 4. The fourth-order valence-electron chi connectivity index (χ4n) is 9.30. The minimum Gasteiger partial charge on any atom is -0.380 e. The van der Waals surface area contributed by atoms with Gasteiger partial charge in [0.15, 0.2) is 0 Å². The van der Waals surface area contributed by atoms with E-state index in [0.29, 0.717) is 31.4 Å². The summed E-state index contributed by atoms with van der Waals surface area (Å²) in [4.78, 5) is 19.6. The molecule has 3 heterocycles. The second kappa shape index (κ2) is 20.1. The Morgan fingerprint density at radius 3 is 2.32 bits per heavy atom. The number of alkyl halides is 3. The lowest BCUT2D eigenvalue weighted by Crippen LogP contribution is -2.47. The molecule has 0 radical (unpaired) electrons. The Balaban J connectivity index is 0.929. The van der Waals surface area contributed by atoms with Crippen molar-refractivity contribution in [3.05, 3.63) is 119 Å². The molecule has 2 unspecified atom stereocenters. The molecule has 2 N–H and O–H groups in total. The van der Waals surface area contributed by atoms with Crippen LogP contribution in [0, 0.1) is 5.41 Å². The monoisotopic (exact) mass is 1000 g/mol. The van der Waals surface area contributed by atoms with Gasteiger partial charge in [-0.25, -0.2) is 21.6 Å². The lowest BCUT2D eigenvalue weighted by Gasteiger charge is -2.39. The highest BCUT2D eigenvalue weighted by atomic mass is 35.5. The summed E-state index contributed by atoms with van der Waals surface area (Å²) in [7, 11) is -10.4. The van der Waals surface area contributed by atoms with Crippen molar-refractivity contribution in [2.75, 3.05) is 68.4 Å². The molecule has 11 nitrogen and oxygen atoms in total. The van der Waals surface area contributed by atoms with Crippen molar-refractivity contribution >= 4 is 77.7 Å². The zero-order valence-electron chi connectivity index (χ0n) is 36.9. The first kappa shape index (κ1) is 48.7. The van der Waals surface area contributed by atoms with Crippen molar-refractivity contribution in [3.63, 3.8) is 0 Å². The number of carbonyl (C=O) groups is 1. The van der Waals surface area contributed by atoms with E-state index in [1.165, 1.54) is 40.6 Å². The van der Waals surface area contributed by atoms with Gasteiger partial charge in [-0.1, -0.05) is 61.4 Å². The first-order valence-corrected chi connectivity index (χ1v) is 26.9. The van der Waals surface area contributed by atoms with E-state index in [-0.39, 0.29) is 28.8 Å². The number of thioether (sulfide) groups is 1. The second-order valence-electron chi connectivity index (χ2n) is 18.4. The fraction of sp³-hybridized carbons (Fsp3) is 0.438. The van der Waals surface area contributed by atoms with Gasteiger partial charge in [0.25, 0.3) is 25.8 Å². The molecule has 354 valence electrons. The Labute approximate surface area is 401 Å². The maximum Gasteiger partial charge on any atom is 0.427 e. The fourth-order valence-corrected chi connectivity index (χ4v) is 12.7. The number of sulfonamides is 1. The highest BCUT2D eigenvalue weighted by Gasteiger charge is 2.46. The Morgan fingerprint density at radius 1 is 0.955 bits per heavy atom. The van der Waals surface area contributed by atoms with E-state index < -0.39 is 46.3 Å². The summed E-state index contributed by atoms with van der Waals surface area (Å²) in [6.45, 7) is 10.8. The number of nitrogens with zero attached hydrogens (tertiary/aromatic N) is 3. The molecule has 18 heteroatoms. The van der Waals surface area contributed by atoms with Gasteiger partial charge in [0, 0.05) is 84.8 Å². The van der Waals surface area contributed by atoms with Crippen LogP contribution in [0.4, 0.5) is 20.2 Å². The van der Waals surface area contributed by atoms with Gasteiger partial charge in [0.2, 0.25) is 0 Å². The predicted octanol–water partition coefficient (Wildman–Crippen LogP) is 9.24. The minimum atomic E-state index is -5.62. The van der Waals surface area contributed by atoms with Gasteiger partial charge < -0.3 is 15.0 Å². The third-order valence-electron chi connectivity index (χ3n) is 13.1. The number of fused-ring (bicyclic) bond motifs is 2. The lowest BCUT2D eigenvalue weighted by atomic mass is 9.72. The van der Waals surface area contributed by atoms with Crippen molar-refractivity contribution < 1.29 is 35.1 Å². The number of nitrogens with one attached hydrogen (secondary N) is 2. The zero-order chi connectivity index (χ0) is 46.9. The smallest absolute Gasteiger partial charge is 0.380 e. The SMILES string of the molecule is CC1(C)CCC(CN2CCN(c3ccc(C(=O)NS(=O)(=O)c4ccc(N[C@H](CCN5CC6CC5CO6)CSc5ccccc5)c(S(=O)(=O)C(F)(F)Cl)c4)cc3)CC2)=C(c2ccc(Cl)cc2)C1. The standard InChI is InChI=1S/C48H55Cl2F2N5O6S3/c1-47(2)20-18-35(43(28-47)33-8-12-36(49)13-9-33)29-55-22-24-56(25-23-55)38-14-10-34(11-15-38)46(58)54-66(61,62)42-16-17-44(45(27-42)65(59,60)48(50,51)52)53-37(32-64-41-6-4-3-5-7-41)19-21-57-30-40-26-39(57)31-63-40/h3-17,27,37,39-40,53H,18-26,28-32H2,1-2H3,(H,54,58)/t37-,39?,40?/m1/s1. The highest BCUT2D eigenvalue weighted by Crippen LogP contribution is 2.44. The molecule has 1 aliphatic carbocycles. The Morgan fingerprint density at radius 2 is 1.67 bits per heavy atom. The number of allylic oxidation sites excluding steroid dienone is 1. The van der Waals surface area contributed by atoms with Crippen LogP contribution in [-0.2, 0) is 24.6 Å². The quantitative estimate of drug-likeness (QED) is 0.0777. The second-order valence-corrected chi connectivity index (χ2v) is 24.2. The molecule has 66 heavy (non-hydrogen) atoms. The summed E-state index contributed by atoms with van der Waals surface area (Å²) in [6, 6.07) is 26.9. The number of anilines is 2. The van der Waals surface area contributed by atoms with Crippen LogP contribution in [0.1, 0.15) is 61.9 Å². The molecule has 4 aromatic carbocycles. The van der Waals surface area contributed by atoms with E-state index in [9.17, 15) is 30.4 Å². The number of hydrogen-bond acceptors (Lipinski definition) is 11. The summed E-state index contributed by atoms with van der Waals surface area (Å²) in [5, 5.41) is 3.85. The summed E-state index contributed by atoms with van der Waals surface area (Å²) in [5.41, 5.74) is 4.99. The first-order valence-electron chi connectivity index (χ1n) is 22.2. The van der Waals surface area contributed by atoms with E-state index in [4.69, 9.17) is 27.9 Å². The summed E-state index contributed by atoms with van der Waals surface area (Å²) in [6.07, 6.45) is 4.82. The van der Waals surface area contributed by atoms with E-state index >= 15 is 0 Å². The summed E-state index contributed by atoms with van der Waals surface area (Å²) in [5.74, 6) is -0.534. The molecule has 3 atom stereocenters. The largest absolute Gasteiger partial charge is 0.427 e. The molecule has 4 aliphatic rings. The normalized spacial score (nSPS) is 21.0. The van der Waals surface area contributed by atoms with Crippen LogP contribution in [0.5, 0.6) is 0 Å². The van der Waals surface area contributed by atoms with Crippen molar-refractivity contribution in [1.82, 2.24) is 14.5 Å². The average Bonchev–Trinajstić information content (AvgIpc) is 3.92. The molecule has 4 aromatic rings. The van der Waals surface area contributed by atoms with Gasteiger partial charge in [0.1, 0.15) is 0 Å². The third-order valence-corrected chi connectivity index (χ3v) is 18.0. The van der Waals surface area contributed by atoms with Gasteiger partial charge in [0.05, 0.1) is 28.2 Å². The van der Waals surface area contributed by atoms with E-state index in [1.807, 2.05) is 47.2 Å². The van der Waals surface area contributed by atoms with Crippen LogP contribution in [0.25, 0.3) is 5.57 Å². The van der Waals surface area contributed by atoms with Crippen LogP contribution in [0.3, 0.4) is 0 Å². The van der Waals surface area contributed by atoms with Crippen molar-refractivity contribution in [3.8, 4) is 0 Å². The Bertz CT molecular complexity index is 2630. The maximum atomic E-state index is 14.7. The number of sulfone groups is 1. The average molecular weight is 1000 g/mol. The number of likely N-dealkylation sites (tertiary alicyclic amines) is 1. The van der Waals surface area contributed by atoms with E-state index in [0.717, 1.165) is 92.7 Å². The molecule has 1 amide bonds. The third kappa shape index (κ3) is 11.6. The number of morpholine rings is 1. The number of halogens is 4. The predicted molar refractivity (Wildman–Crippen MR) is 259 cm³/mol. The Kier molecular flexibility index (Phi) is 14.8. The van der Waals surface area contributed by atoms with Gasteiger partial charge >= 0.3 is 4.71 Å².